The van der Waals surface area contributed by atoms with Crippen molar-refractivity contribution in [3.05, 3.63) is 55.4 Å². The Morgan fingerprint density at radius 1 is 1.28 bits per heavy atom. The Balaban J connectivity index is 1.37. The number of benzene rings is 1. The van der Waals surface area contributed by atoms with E-state index >= 15 is 0 Å². The molecule has 2 saturated heterocycles. The van der Waals surface area contributed by atoms with Crippen molar-refractivity contribution in [3.8, 4) is 22.8 Å². The molecule has 2 aromatic heterocycles. The molecule has 2 N–H and O–H groups in total. The van der Waals surface area contributed by atoms with Crippen molar-refractivity contribution in [3.63, 3.8) is 0 Å². The van der Waals surface area contributed by atoms with Crippen LogP contribution in [0.2, 0.25) is 0 Å². The van der Waals surface area contributed by atoms with Crippen molar-refractivity contribution in [2.24, 2.45) is 5.92 Å². The van der Waals surface area contributed by atoms with Gasteiger partial charge in [0.1, 0.15) is 17.6 Å². The number of halogens is 1. The predicted molar refractivity (Wildman–Crippen MR) is 106 cm³/mol. The first-order valence-corrected chi connectivity index (χ1v) is 9.71. The molecule has 0 amide bonds. The number of piperidine rings is 1. The van der Waals surface area contributed by atoms with E-state index in [0.29, 0.717) is 28.7 Å². The lowest BCUT2D eigenvalue weighted by Gasteiger charge is -2.33. The molecule has 3 aromatic rings. The predicted octanol–water partition coefficient (Wildman–Crippen LogP) is 2.92. The first-order valence-electron chi connectivity index (χ1n) is 9.71. The van der Waals surface area contributed by atoms with Crippen molar-refractivity contribution in [1.29, 1.82) is 0 Å². The van der Waals surface area contributed by atoms with Crippen LogP contribution in [0.1, 0.15) is 25.0 Å². The molecule has 148 valence electrons. The van der Waals surface area contributed by atoms with E-state index in [0.717, 1.165) is 24.9 Å². The summed E-state index contributed by atoms with van der Waals surface area (Å²) in [6.45, 7) is 4.09. The van der Waals surface area contributed by atoms with Gasteiger partial charge in [-0.1, -0.05) is 6.58 Å². The molecule has 1 aromatic carbocycles. The summed E-state index contributed by atoms with van der Waals surface area (Å²) in [4.78, 5) is 8.34. The minimum atomic E-state index is -0.970. The number of imidazole rings is 1. The monoisotopic (exact) mass is 392 g/mol. The summed E-state index contributed by atoms with van der Waals surface area (Å²) in [5, 5.41) is 22.1. The molecule has 0 radical (unpaired) electrons. The summed E-state index contributed by atoms with van der Waals surface area (Å²) >= 11 is 0. The molecule has 0 spiro atoms. The highest BCUT2D eigenvalue weighted by Crippen LogP contribution is 2.39. The third kappa shape index (κ3) is 3.19. The van der Waals surface area contributed by atoms with Gasteiger partial charge in [-0.15, -0.1) is 10.2 Å². The van der Waals surface area contributed by atoms with Crippen molar-refractivity contribution < 1.29 is 9.50 Å². The maximum atomic E-state index is 14.8. The number of nitrogens with zero attached hydrogens (tertiary/aromatic N) is 5. The molecule has 5 rings (SSSR count). The van der Waals surface area contributed by atoms with Gasteiger partial charge in [0.15, 0.2) is 5.82 Å². The molecule has 4 heterocycles. The highest BCUT2D eigenvalue weighted by molar-refractivity contribution is 5.67. The number of alkyl halides is 1. The number of aromatic nitrogens is 5. The van der Waals surface area contributed by atoms with Crippen LogP contribution >= 0.6 is 0 Å². The first kappa shape index (κ1) is 17.9. The van der Waals surface area contributed by atoms with Gasteiger partial charge in [0.05, 0.1) is 23.8 Å². The standard InChI is InChI=1S/C21H21FN6O/c1-12(16-8-13-2-5-17(25-13)20(16)22)18-10-24-21(27-26-18)15-4-3-14(9-19(15)29)28-7-6-23-11-28/h3-4,6-7,9-11,13,16-17,20,25,29H,1-2,5,8H2/t13?,16-,17?,20+/m1/s1. The van der Waals surface area contributed by atoms with Crippen LogP contribution in [0.5, 0.6) is 5.75 Å². The first-order chi connectivity index (χ1) is 14.1. The fourth-order valence-electron chi connectivity index (χ4n) is 4.36. The Morgan fingerprint density at radius 2 is 2.17 bits per heavy atom. The molecule has 8 heteroatoms. The van der Waals surface area contributed by atoms with Gasteiger partial charge in [-0.05, 0) is 37.0 Å². The Bertz CT molecular complexity index is 1040. The van der Waals surface area contributed by atoms with E-state index in [1.54, 1.807) is 41.6 Å². The van der Waals surface area contributed by atoms with Gasteiger partial charge in [-0.25, -0.2) is 14.4 Å². The van der Waals surface area contributed by atoms with E-state index in [1.807, 2.05) is 6.07 Å². The smallest absolute Gasteiger partial charge is 0.185 e. The fraction of sp³-hybridized carbons (Fsp3) is 0.333. The summed E-state index contributed by atoms with van der Waals surface area (Å²) in [7, 11) is 0. The lowest BCUT2D eigenvalue weighted by molar-refractivity contribution is 0.167. The second-order valence-electron chi connectivity index (χ2n) is 7.70. The number of fused-ring (bicyclic) bond motifs is 2. The Kier molecular flexibility index (Phi) is 4.35. The van der Waals surface area contributed by atoms with Gasteiger partial charge in [0, 0.05) is 36.5 Å². The summed E-state index contributed by atoms with van der Waals surface area (Å²) in [6.07, 6.45) is 8.29. The maximum absolute atomic E-state index is 14.8. The molecular formula is C21H21FN6O. The van der Waals surface area contributed by atoms with E-state index in [4.69, 9.17) is 0 Å². The molecular weight excluding hydrogens is 371 g/mol. The largest absolute Gasteiger partial charge is 0.507 e. The zero-order chi connectivity index (χ0) is 20.0. The second kappa shape index (κ2) is 7.04. The fourth-order valence-corrected chi connectivity index (χ4v) is 4.36. The van der Waals surface area contributed by atoms with Crippen LogP contribution < -0.4 is 5.32 Å². The summed E-state index contributed by atoms with van der Waals surface area (Å²) < 4.78 is 16.6. The number of nitrogens with one attached hydrogen (secondary N) is 1. The Hall–Kier alpha value is -3.13. The molecule has 0 aliphatic carbocycles. The molecule has 2 unspecified atom stereocenters. The average Bonchev–Trinajstić information content (AvgIpc) is 3.41. The zero-order valence-electron chi connectivity index (χ0n) is 15.7. The van der Waals surface area contributed by atoms with E-state index in [2.05, 4.69) is 32.1 Å². The van der Waals surface area contributed by atoms with Gasteiger partial charge in [0.2, 0.25) is 0 Å². The average molecular weight is 392 g/mol. The van der Waals surface area contributed by atoms with E-state index in [-0.39, 0.29) is 17.7 Å². The van der Waals surface area contributed by atoms with Crippen LogP contribution in [-0.4, -0.2) is 48.1 Å². The van der Waals surface area contributed by atoms with E-state index < -0.39 is 6.17 Å². The van der Waals surface area contributed by atoms with Crippen molar-refractivity contribution >= 4 is 5.57 Å². The minimum Gasteiger partial charge on any atom is -0.507 e. The topological polar surface area (TPSA) is 88.8 Å². The molecule has 4 atom stereocenters. The molecule has 2 aliphatic rings. The van der Waals surface area contributed by atoms with Crippen LogP contribution in [0.25, 0.3) is 22.6 Å². The van der Waals surface area contributed by atoms with Crippen LogP contribution in [0, 0.1) is 5.92 Å². The SMILES string of the molecule is C=C(c1cnc(-c2ccc(-n3ccnc3)cc2O)nn1)[C@H]1CC2CCC(N2)[C@H]1F. The minimum absolute atomic E-state index is 0.0447. The van der Waals surface area contributed by atoms with Crippen molar-refractivity contribution in [2.45, 2.75) is 37.5 Å². The molecule has 2 fully saturated rings. The normalized spacial score (nSPS) is 25.8. The van der Waals surface area contributed by atoms with Crippen LogP contribution in [-0.2, 0) is 0 Å². The van der Waals surface area contributed by atoms with Crippen LogP contribution in [0.15, 0.2) is 49.7 Å². The summed E-state index contributed by atoms with van der Waals surface area (Å²) in [6, 6.07) is 5.44. The lowest BCUT2D eigenvalue weighted by atomic mass is 9.84. The second-order valence-corrected chi connectivity index (χ2v) is 7.70. The number of allylic oxidation sites excluding steroid dienone is 1. The Labute approximate surface area is 167 Å². The number of phenolic OH excluding ortho intramolecular Hbond substituents is 1. The summed E-state index contributed by atoms with van der Waals surface area (Å²) in [5.41, 5.74) is 2.39. The number of phenols is 1. The molecule has 2 aliphatic heterocycles. The van der Waals surface area contributed by atoms with E-state index in [9.17, 15) is 9.50 Å². The number of rotatable bonds is 4. The van der Waals surface area contributed by atoms with Gasteiger partial charge < -0.3 is 15.0 Å². The third-order valence-corrected chi connectivity index (χ3v) is 5.95. The van der Waals surface area contributed by atoms with Crippen LogP contribution in [0.4, 0.5) is 4.39 Å². The maximum Gasteiger partial charge on any atom is 0.185 e. The lowest BCUT2D eigenvalue weighted by Crippen LogP contribution is -2.47. The highest BCUT2D eigenvalue weighted by atomic mass is 19.1. The molecule has 29 heavy (non-hydrogen) atoms. The molecule has 2 bridgehead atoms. The van der Waals surface area contributed by atoms with Crippen molar-refractivity contribution in [1.82, 2.24) is 30.0 Å². The number of aromatic hydroxyl groups is 1. The van der Waals surface area contributed by atoms with Crippen LogP contribution in [0.3, 0.4) is 0 Å². The summed E-state index contributed by atoms with van der Waals surface area (Å²) in [5.74, 6) is 0.0836. The molecule has 7 nitrogen and oxygen atoms in total. The quantitative estimate of drug-likeness (QED) is 0.710. The van der Waals surface area contributed by atoms with Gasteiger partial charge in [-0.3, -0.25) is 0 Å². The van der Waals surface area contributed by atoms with Crippen molar-refractivity contribution in [2.75, 3.05) is 0 Å². The highest BCUT2D eigenvalue weighted by Gasteiger charge is 2.43. The number of hydrogen-bond donors (Lipinski definition) is 2. The third-order valence-electron chi connectivity index (χ3n) is 5.95. The number of hydrogen-bond acceptors (Lipinski definition) is 6. The van der Waals surface area contributed by atoms with Gasteiger partial charge in [-0.2, -0.15) is 0 Å². The van der Waals surface area contributed by atoms with Gasteiger partial charge in [0.25, 0.3) is 0 Å². The zero-order valence-corrected chi connectivity index (χ0v) is 15.7. The molecule has 0 saturated carbocycles. The Morgan fingerprint density at radius 3 is 2.90 bits per heavy atom. The van der Waals surface area contributed by atoms with Gasteiger partial charge >= 0.3 is 0 Å². The van der Waals surface area contributed by atoms with E-state index in [1.165, 1.54) is 0 Å².